The van der Waals surface area contributed by atoms with Crippen LogP contribution in [0.15, 0.2) is 30.5 Å². The van der Waals surface area contributed by atoms with Gasteiger partial charge in [0, 0.05) is 22.7 Å². The van der Waals surface area contributed by atoms with Crippen LogP contribution < -0.4 is 5.32 Å². The number of rotatable bonds is 3. The van der Waals surface area contributed by atoms with Crippen LogP contribution in [0, 0.1) is 0 Å². The molecule has 1 aromatic heterocycles. The Morgan fingerprint density at radius 3 is 2.60 bits per heavy atom. The van der Waals surface area contributed by atoms with Crippen molar-refractivity contribution >= 4 is 28.5 Å². The van der Waals surface area contributed by atoms with E-state index in [0.717, 1.165) is 10.9 Å². The van der Waals surface area contributed by atoms with Crippen molar-refractivity contribution in [3.05, 3.63) is 36.0 Å². The van der Waals surface area contributed by atoms with Crippen LogP contribution in [0.3, 0.4) is 0 Å². The first-order chi connectivity index (χ1) is 9.63. The fourth-order valence-electron chi connectivity index (χ4n) is 2.40. The summed E-state index contributed by atoms with van der Waals surface area (Å²) >= 11 is 0. The molecule has 2 amide bonds. The quantitative estimate of drug-likeness (QED) is 0.621. The number of fused-ring (bicyclic) bond motifs is 1. The average molecular weight is 271 g/mol. The number of carbonyl (C=O) groups excluding carboxylic acids is 3. The van der Waals surface area contributed by atoms with Crippen molar-refractivity contribution < 1.29 is 14.4 Å². The SMILES string of the molecule is O=C1CN(CC(=O)c2c[nH]c3ccccc23)CC(=O)N1. The number of para-hydroxylation sites is 1. The van der Waals surface area contributed by atoms with E-state index in [1.165, 1.54) is 0 Å². The number of piperazine rings is 1. The Kier molecular flexibility index (Phi) is 3.08. The van der Waals surface area contributed by atoms with E-state index in [2.05, 4.69) is 10.3 Å². The maximum absolute atomic E-state index is 12.3. The Bertz CT molecular complexity index is 689. The number of hydrogen-bond acceptors (Lipinski definition) is 4. The number of carbonyl (C=O) groups is 3. The Hall–Kier alpha value is -2.47. The highest BCUT2D eigenvalue weighted by atomic mass is 16.2. The third-order valence-electron chi connectivity index (χ3n) is 3.27. The summed E-state index contributed by atoms with van der Waals surface area (Å²) in [5.41, 5.74) is 1.47. The van der Waals surface area contributed by atoms with Crippen molar-refractivity contribution in [2.24, 2.45) is 0 Å². The van der Waals surface area contributed by atoms with Crippen LogP contribution in [0.5, 0.6) is 0 Å². The molecule has 2 aromatic rings. The highest BCUT2D eigenvalue weighted by Crippen LogP contribution is 2.18. The fraction of sp³-hybridized carbons (Fsp3) is 0.214. The van der Waals surface area contributed by atoms with Gasteiger partial charge in [0.2, 0.25) is 11.8 Å². The second kappa shape index (κ2) is 4.90. The van der Waals surface area contributed by atoms with Gasteiger partial charge in [0.25, 0.3) is 0 Å². The van der Waals surface area contributed by atoms with E-state index in [0.29, 0.717) is 5.56 Å². The summed E-state index contributed by atoms with van der Waals surface area (Å²) in [7, 11) is 0. The second-order valence-electron chi connectivity index (χ2n) is 4.79. The van der Waals surface area contributed by atoms with Crippen molar-refractivity contribution in [3.63, 3.8) is 0 Å². The third kappa shape index (κ3) is 2.33. The Morgan fingerprint density at radius 1 is 1.15 bits per heavy atom. The molecule has 0 atom stereocenters. The summed E-state index contributed by atoms with van der Waals surface area (Å²) < 4.78 is 0. The summed E-state index contributed by atoms with van der Waals surface area (Å²) in [5.74, 6) is -0.842. The van der Waals surface area contributed by atoms with E-state index in [1.54, 1.807) is 11.1 Å². The van der Waals surface area contributed by atoms with E-state index in [1.807, 2.05) is 24.3 Å². The molecular formula is C14H13N3O3. The maximum Gasteiger partial charge on any atom is 0.240 e. The van der Waals surface area contributed by atoms with Gasteiger partial charge in [-0.15, -0.1) is 0 Å². The lowest BCUT2D eigenvalue weighted by Gasteiger charge is -2.24. The number of nitrogens with one attached hydrogen (secondary N) is 2. The van der Waals surface area contributed by atoms with Gasteiger partial charge >= 0.3 is 0 Å². The maximum atomic E-state index is 12.3. The fourth-order valence-corrected chi connectivity index (χ4v) is 2.40. The molecule has 102 valence electrons. The molecule has 1 aromatic carbocycles. The predicted octanol–water partition coefficient (Wildman–Crippen LogP) is 0.309. The van der Waals surface area contributed by atoms with Crippen LogP contribution in [0.2, 0.25) is 0 Å². The first-order valence-corrected chi connectivity index (χ1v) is 6.28. The van der Waals surface area contributed by atoms with Gasteiger partial charge in [-0.3, -0.25) is 24.6 Å². The molecule has 2 N–H and O–H groups in total. The number of hydrogen-bond donors (Lipinski definition) is 2. The van der Waals surface area contributed by atoms with Crippen LogP contribution in [0.25, 0.3) is 10.9 Å². The first-order valence-electron chi connectivity index (χ1n) is 6.28. The number of aromatic amines is 1. The zero-order valence-electron chi connectivity index (χ0n) is 10.7. The molecule has 0 saturated carbocycles. The predicted molar refractivity (Wildman–Crippen MR) is 72.2 cm³/mol. The third-order valence-corrected chi connectivity index (χ3v) is 3.27. The molecule has 1 fully saturated rings. The average Bonchev–Trinajstić information content (AvgIpc) is 2.81. The van der Waals surface area contributed by atoms with Gasteiger partial charge in [0.15, 0.2) is 5.78 Å². The molecular weight excluding hydrogens is 258 g/mol. The highest BCUT2D eigenvalue weighted by Gasteiger charge is 2.25. The lowest BCUT2D eigenvalue weighted by Crippen LogP contribution is -2.52. The van der Waals surface area contributed by atoms with E-state index in [4.69, 9.17) is 0 Å². The van der Waals surface area contributed by atoms with Crippen molar-refractivity contribution in [1.29, 1.82) is 0 Å². The molecule has 0 bridgehead atoms. The number of H-pyrrole nitrogens is 1. The zero-order chi connectivity index (χ0) is 14.1. The topological polar surface area (TPSA) is 82.3 Å². The van der Waals surface area contributed by atoms with Gasteiger partial charge in [-0.2, -0.15) is 0 Å². The van der Waals surface area contributed by atoms with Crippen molar-refractivity contribution in [1.82, 2.24) is 15.2 Å². The van der Waals surface area contributed by atoms with E-state index in [-0.39, 0.29) is 37.2 Å². The Labute approximate surface area is 114 Å². The number of ketones is 1. The molecule has 0 radical (unpaired) electrons. The first kappa shape index (κ1) is 12.6. The summed E-state index contributed by atoms with van der Waals surface area (Å²) in [6.45, 7) is 0.195. The van der Waals surface area contributed by atoms with Crippen LogP contribution in [0.1, 0.15) is 10.4 Å². The minimum Gasteiger partial charge on any atom is -0.360 e. The Balaban J connectivity index is 1.79. The van der Waals surface area contributed by atoms with Gasteiger partial charge in [0.1, 0.15) is 0 Å². The lowest BCUT2D eigenvalue weighted by molar-refractivity contribution is -0.135. The number of amides is 2. The number of Topliss-reactive ketones (excluding diaryl/α,β-unsaturated/α-hetero) is 1. The van der Waals surface area contributed by atoms with Crippen LogP contribution in [-0.4, -0.2) is 47.1 Å². The molecule has 1 saturated heterocycles. The van der Waals surface area contributed by atoms with Gasteiger partial charge in [-0.05, 0) is 6.07 Å². The second-order valence-corrected chi connectivity index (χ2v) is 4.79. The summed E-state index contributed by atoms with van der Waals surface area (Å²) in [5, 5.41) is 3.06. The molecule has 0 aliphatic carbocycles. The van der Waals surface area contributed by atoms with Crippen molar-refractivity contribution in [2.75, 3.05) is 19.6 Å². The molecule has 1 aliphatic heterocycles. The Morgan fingerprint density at radius 2 is 1.85 bits per heavy atom. The normalized spacial score (nSPS) is 16.4. The smallest absolute Gasteiger partial charge is 0.240 e. The van der Waals surface area contributed by atoms with E-state index < -0.39 is 0 Å². The minimum absolute atomic E-state index is 0.0566. The minimum atomic E-state index is -0.368. The molecule has 1 aliphatic rings. The molecule has 0 spiro atoms. The van der Waals surface area contributed by atoms with Crippen LogP contribution >= 0.6 is 0 Å². The summed E-state index contributed by atoms with van der Waals surface area (Å²) in [6.07, 6.45) is 1.67. The molecule has 0 unspecified atom stereocenters. The lowest BCUT2D eigenvalue weighted by atomic mass is 10.1. The van der Waals surface area contributed by atoms with Gasteiger partial charge in [-0.1, -0.05) is 18.2 Å². The monoisotopic (exact) mass is 271 g/mol. The van der Waals surface area contributed by atoms with Crippen LogP contribution in [-0.2, 0) is 9.59 Å². The standard InChI is InChI=1S/C14H13N3O3/c18-12(6-17-7-13(19)16-14(20)8-17)10-5-15-11-4-2-1-3-9(10)11/h1-5,15H,6-8H2,(H,16,19,20). The summed E-state index contributed by atoms with van der Waals surface area (Å²) in [4.78, 5) is 39.4. The number of imide groups is 1. The molecule has 6 nitrogen and oxygen atoms in total. The van der Waals surface area contributed by atoms with Gasteiger partial charge < -0.3 is 4.98 Å². The van der Waals surface area contributed by atoms with E-state index in [9.17, 15) is 14.4 Å². The zero-order valence-corrected chi connectivity index (χ0v) is 10.7. The van der Waals surface area contributed by atoms with Gasteiger partial charge in [-0.25, -0.2) is 0 Å². The molecule has 3 rings (SSSR count). The largest absolute Gasteiger partial charge is 0.360 e. The molecule has 6 heteroatoms. The molecule has 2 heterocycles. The highest BCUT2D eigenvalue weighted by molar-refractivity contribution is 6.09. The van der Waals surface area contributed by atoms with Gasteiger partial charge in [0.05, 0.1) is 19.6 Å². The van der Waals surface area contributed by atoms with Crippen molar-refractivity contribution in [3.8, 4) is 0 Å². The van der Waals surface area contributed by atoms with Crippen LogP contribution in [0.4, 0.5) is 0 Å². The summed E-state index contributed by atoms with van der Waals surface area (Å²) in [6, 6.07) is 7.52. The van der Waals surface area contributed by atoms with Crippen molar-refractivity contribution in [2.45, 2.75) is 0 Å². The van der Waals surface area contributed by atoms with E-state index >= 15 is 0 Å². The molecule has 20 heavy (non-hydrogen) atoms. The number of nitrogens with zero attached hydrogens (tertiary/aromatic N) is 1. The number of aromatic nitrogens is 1. The number of benzene rings is 1.